The van der Waals surface area contributed by atoms with Crippen LogP contribution in [0.1, 0.15) is 0 Å². The van der Waals surface area contributed by atoms with Crippen LogP contribution in [-0.2, 0) is 0 Å². The van der Waals surface area contributed by atoms with Gasteiger partial charge in [0.2, 0.25) is 0 Å². The number of benzene rings is 1. The summed E-state index contributed by atoms with van der Waals surface area (Å²) >= 11 is 0. The minimum absolute atomic E-state index is 0.306. The molecule has 1 aromatic rings. The highest BCUT2D eigenvalue weighted by Crippen LogP contribution is 2.12. The first-order valence-corrected chi connectivity index (χ1v) is 3.04. The lowest BCUT2D eigenvalue weighted by molar-refractivity contribution is 0.387. The van der Waals surface area contributed by atoms with Crippen molar-refractivity contribution in [3.05, 3.63) is 24.0 Å². The molecule has 10 heavy (non-hydrogen) atoms. The molecule has 0 aromatic heterocycles. The van der Waals surface area contributed by atoms with Crippen LogP contribution >= 0.6 is 0 Å². The zero-order valence-electron chi connectivity index (χ0n) is 6.02. The maximum Gasteiger partial charge on any atom is 0.165 e. The number of methoxy groups -OCH3 is 1. The Hall–Kier alpha value is -0.985. The normalized spacial score (nSPS) is 9.40. The number of ether oxygens (including phenoxy) is 1. The highest BCUT2D eigenvalue weighted by Gasteiger charge is 1.98. The molecule has 3 heteroatoms. The Morgan fingerprint density at radius 1 is 1.50 bits per heavy atom. The van der Waals surface area contributed by atoms with Gasteiger partial charge in [-0.05, 0) is 12.1 Å². The number of rotatable bonds is 1. The predicted octanol–water partition coefficient (Wildman–Crippen LogP) is 0.0927. The van der Waals surface area contributed by atoms with Gasteiger partial charge in [-0.1, -0.05) is 11.5 Å². The molecule has 0 radical (unpaired) electrons. The summed E-state index contributed by atoms with van der Waals surface area (Å²) in [7, 11) is 3.35. The van der Waals surface area contributed by atoms with Gasteiger partial charge in [-0.3, -0.25) is 0 Å². The average molecular weight is 138 g/mol. The third kappa shape index (κ3) is 1.29. The van der Waals surface area contributed by atoms with Crippen LogP contribution in [0.4, 0.5) is 4.39 Å². The molecule has 0 N–H and O–H groups in total. The van der Waals surface area contributed by atoms with E-state index < -0.39 is 0 Å². The standard InChI is InChI=1S/C7H8BFO/c1-10-7-4-5(8)2-3-6(7)9/h2-4H,8H2,1H3. The summed E-state index contributed by atoms with van der Waals surface area (Å²) in [6.45, 7) is 0. The molecule has 0 aliphatic carbocycles. The SMILES string of the molecule is Bc1ccc(F)c(OC)c1. The minimum Gasteiger partial charge on any atom is -0.494 e. The molecule has 1 nitrogen and oxygen atoms in total. The molecule has 1 rings (SSSR count). The van der Waals surface area contributed by atoms with Gasteiger partial charge in [-0.2, -0.15) is 0 Å². The molecule has 0 spiro atoms. The van der Waals surface area contributed by atoms with Crippen molar-refractivity contribution in [3.63, 3.8) is 0 Å². The molecule has 52 valence electrons. The second-order valence-electron chi connectivity index (χ2n) is 2.14. The first kappa shape index (κ1) is 7.13. The highest BCUT2D eigenvalue weighted by molar-refractivity contribution is 6.32. The fourth-order valence-corrected chi connectivity index (χ4v) is 0.767. The van der Waals surface area contributed by atoms with Crippen LogP contribution in [0.3, 0.4) is 0 Å². The lowest BCUT2D eigenvalue weighted by atomic mass is 9.96. The van der Waals surface area contributed by atoms with E-state index in [0.29, 0.717) is 5.75 Å². The zero-order valence-corrected chi connectivity index (χ0v) is 6.02. The minimum atomic E-state index is -0.312. The Morgan fingerprint density at radius 2 is 2.20 bits per heavy atom. The second-order valence-corrected chi connectivity index (χ2v) is 2.14. The molecule has 0 heterocycles. The van der Waals surface area contributed by atoms with Crippen molar-refractivity contribution in [1.29, 1.82) is 0 Å². The maximum absolute atomic E-state index is 12.6. The smallest absolute Gasteiger partial charge is 0.165 e. The average Bonchev–Trinajstić information content (AvgIpc) is 1.94. The van der Waals surface area contributed by atoms with E-state index in [1.54, 1.807) is 12.1 Å². The summed E-state index contributed by atoms with van der Waals surface area (Å²) in [6.07, 6.45) is 0. The molecule has 0 atom stereocenters. The molecule has 0 saturated carbocycles. The van der Waals surface area contributed by atoms with E-state index >= 15 is 0 Å². The third-order valence-electron chi connectivity index (χ3n) is 1.31. The van der Waals surface area contributed by atoms with Gasteiger partial charge in [0.1, 0.15) is 7.85 Å². The Kier molecular flexibility index (Phi) is 1.95. The Morgan fingerprint density at radius 3 is 2.70 bits per heavy atom. The lowest BCUT2D eigenvalue weighted by Gasteiger charge is -2.00. The van der Waals surface area contributed by atoms with Crippen LogP contribution in [0, 0.1) is 5.82 Å². The molecule has 1 aromatic carbocycles. The van der Waals surface area contributed by atoms with Gasteiger partial charge in [-0.15, -0.1) is 0 Å². The van der Waals surface area contributed by atoms with E-state index in [0.717, 1.165) is 5.46 Å². The van der Waals surface area contributed by atoms with Crippen molar-refractivity contribution < 1.29 is 9.13 Å². The van der Waals surface area contributed by atoms with Crippen LogP contribution in [0.2, 0.25) is 0 Å². The zero-order chi connectivity index (χ0) is 7.56. The van der Waals surface area contributed by atoms with E-state index in [4.69, 9.17) is 4.74 Å². The van der Waals surface area contributed by atoms with Crippen LogP contribution in [0.15, 0.2) is 18.2 Å². The van der Waals surface area contributed by atoms with Crippen LogP contribution in [-0.4, -0.2) is 15.0 Å². The summed E-state index contributed by atoms with van der Waals surface area (Å²) in [5, 5.41) is 0. The van der Waals surface area contributed by atoms with Crippen molar-refractivity contribution in [1.82, 2.24) is 0 Å². The third-order valence-corrected chi connectivity index (χ3v) is 1.31. The van der Waals surface area contributed by atoms with Crippen LogP contribution < -0.4 is 10.2 Å². The summed E-state index contributed by atoms with van der Waals surface area (Å²) < 4.78 is 17.4. The van der Waals surface area contributed by atoms with Crippen molar-refractivity contribution >= 4 is 13.3 Å². The molecule has 0 unspecified atom stereocenters. The first-order chi connectivity index (χ1) is 4.74. The summed E-state index contributed by atoms with van der Waals surface area (Å²) in [6, 6.07) is 4.77. The molecule has 0 aliphatic rings. The number of hydrogen-bond donors (Lipinski definition) is 0. The lowest BCUT2D eigenvalue weighted by Crippen LogP contribution is -2.02. The van der Waals surface area contributed by atoms with Crippen LogP contribution in [0.25, 0.3) is 0 Å². The molecular weight excluding hydrogens is 130 g/mol. The van der Waals surface area contributed by atoms with Gasteiger partial charge in [0, 0.05) is 0 Å². The van der Waals surface area contributed by atoms with Crippen molar-refractivity contribution in [3.8, 4) is 5.75 Å². The highest BCUT2D eigenvalue weighted by atomic mass is 19.1. The van der Waals surface area contributed by atoms with E-state index in [1.807, 2.05) is 7.85 Å². The fraction of sp³-hybridized carbons (Fsp3) is 0.143. The largest absolute Gasteiger partial charge is 0.494 e. The van der Waals surface area contributed by atoms with E-state index in [9.17, 15) is 4.39 Å². The van der Waals surface area contributed by atoms with Gasteiger partial charge in [0.05, 0.1) is 7.11 Å². The Labute approximate surface area is 60.2 Å². The molecule has 0 saturated heterocycles. The molecule has 0 aliphatic heterocycles. The van der Waals surface area contributed by atoms with E-state index in [2.05, 4.69) is 0 Å². The summed E-state index contributed by atoms with van der Waals surface area (Å²) in [4.78, 5) is 0. The second kappa shape index (κ2) is 2.73. The molecule has 0 bridgehead atoms. The summed E-state index contributed by atoms with van der Waals surface area (Å²) in [5.74, 6) is -0.00639. The maximum atomic E-state index is 12.6. The van der Waals surface area contributed by atoms with Gasteiger partial charge >= 0.3 is 0 Å². The van der Waals surface area contributed by atoms with Crippen LogP contribution in [0.5, 0.6) is 5.75 Å². The molecular formula is C7H8BFO. The van der Waals surface area contributed by atoms with Gasteiger partial charge < -0.3 is 4.74 Å². The Bertz CT molecular complexity index is 237. The number of hydrogen-bond acceptors (Lipinski definition) is 1. The molecule has 0 fully saturated rings. The van der Waals surface area contributed by atoms with E-state index in [1.165, 1.54) is 13.2 Å². The molecule has 0 amide bonds. The van der Waals surface area contributed by atoms with Crippen molar-refractivity contribution in [2.75, 3.05) is 7.11 Å². The summed E-state index contributed by atoms with van der Waals surface area (Å²) in [5.41, 5.74) is 0.998. The van der Waals surface area contributed by atoms with Gasteiger partial charge in [0.25, 0.3) is 0 Å². The van der Waals surface area contributed by atoms with E-state index in [-0.39, 0.29) is 5.82 Å². The van der Waals surface area contributed by atoms with Gasteiger partial charge in [-0.25, -0.2) is 4.39 Å². The Balaban J connectivity index is 3.09. The first-order valence-electron chi connectivity index (χ1n) is 3.04. The monoisotopic (exact) mass is 138 g/mol. The van der Waals surface area contributed by atoms with Crippen molar-refractivity contribution in [2.24, 2.45) is 0 Å². The predicted molar refractivity (Wildman–Crippen MR) is 41.1 cm³/mol. The fourth-order valence-electron chi connectivity index (χ4n) is 0.767. The van der Waals surface area contributed by atoms with Gasteiger partial charge in [0.15, 0.2) is 11.6 Å². The number of halogens is 1. The van der Waals surface area contributed by atoms with Crippen molar-refractivity contribution in [2.45, 2.75) is 0 Å². The quantitative estimate of drug-likeness (QED) is 0.499. The topological polar surface area (TPSA) is 9.23 Å².